The summed E-state index contributed by atoms with van der Waals surface area (Å²) in [6, 6.07) is 10.1. The van der Waals surface area contributed by atoms with E-state index in [1.54, 1.807) is 17.1 Å². The molecule has 0 fully saturated rings. The van der Waals surface area contributed by atoms with Crippen molar-refractivity contribution in [3.8, 4) is 0 Å². The van der Waals surface area contributed by atoms with E-state index < -0.39 is 0 Å². The van der Waals surface area contributed by atoms with Gasteiger partial charge in [0.1, 0.15) is 0 Å². The molecule has 0 aliphatic rings. The summed E-state index contributed by atoms with van der Waals surface area (Å²) in [5.41, 5.74) is 1.15. The Bertz CT molecular complexity index is 343. The molecule has 0 radical (unpaired) electrons. The Balaban J connectivity index is 2.77. The lowest BCUT2D eigenvalue weighted by molar-refractivity contribution is -0.126. The van der Waals surface area contributed by atoms with E-state index in [1.807, 2.05) is 51.2 Å². The zero-order valence-corrected chi connectivity index (χ0v) is 9.47. The monoisotopic (exact) mass is 203 g/mol. The van der Waals surface area contributed by atoms with Gasteiger partial charge in [-0.1, -0.05) is 36.4 Å². The van der Waals surface area contributed by atoms with E-state index >= 15 is 0 Å². The summed E-state index contributed by atoms with van der Waals surface area (Å²) >= 11 is 0. The summed E-state index contributed by atoms with van der Waals surface area (Å²) < 4.78 is 0. The predicted octanol–water partition coefficient (Wildman–Crippen LogP) is 2.78. The Morgan fingerprint density at radius 1 is 1.33 bits per heavy atom. The largest absolute Gasteiger partial charge is 0.335 e. The quantitative estimate of drug-likeness (QED) is 0.692. The molecule has 0 bridgehead atoms. The maximum absolute atomic E-state index is 11.6. The van der Waals surface area contributed by atoms with Crippen LogP contribution in [0.15, 0.2) is 42.5 Å². The van der Waals surface area contributed by atoms with Crippen LogP contribution in [0.1, 0.15) is 25.5 Å². The van der Waals surface area contributed by atoms with Crippen molar-refractivity contribution in [2.75, 3.05) is 7.05 Å². The van der Waals surface area contributed by atoms with Crippen molar-refractivity contribution in [1.82, 2.24) is 4.90 Å². The van der Waals surface area contributed by atoms with E-state index in [2.05, 4.69) is 0 Å². The number of benzene rings is 1. The molecular weight excluding hydrogens is 186 g/mol. The van der Waals surface area contributed by atoms with Crippen LogP contribution in [0.3, 0.4) is 0 Å². The smallest absolute Gasteiger partial charge is 0.246 e. The molecule has 0 aliphatic carbocycles. The number of carbonyl (C=O) groups excluding carboxylic acids is 1. The topological polar surface area (TPSA) is 20.3 Å². The Kier molecular flexibility index (Phi) is 4.10. The third-order valence-corrected chi connectivity index (χ3v) is 2.52. The second-order valence-electron chi connectivity index (χ2n) is 3.54. The van der Waals surface area contributed by atoms with Gasteiger partial charge >= 0.3 is 0 Å². The third kappa shape index (κ3) is 2.94. The van der Waals surface area contributed by atoms with E-state index in [4.69, 9.17) is 0 Å². The summed E-state index contributed by atoms with van der Waals surface area (Å²) in [7, 11) is 1.82. The van der Waals surface area contributed by atoms with Gasteiger partial charge in [-0.05, 0) is 25.5 Å². The van der Waals surface area contributed by atoms with Crippen LogP contribution in [0.5, 0.6) is 0 Å². The molecule has 0 saturated carbocycles. The Morgan fingerprint density at radius 2 is 1.93 bits per heavy atom. The molecule has 1 amide bonds. The number of hydrogen-bond donors (Lipinski definition) is 0. The second kappa shape index (κ2) is 5.35. The van der Waals surface area contributed by atoms with Gasteiger partial charge in [0.15, 0.2) is 0 Å². The average Bonchev–Trinajstić information content (AvgIpc) is 2.28. The van der Waals surface area contributed by atoms with Crippen LogP contribution >= 0.6 is 0 Å². The van der Waals surface area contributed by atoms with Gasteiger partial charge in [0.05, 0.1) is 6.04 Å². The number of rotatable bonds is 3. The maximum atomic E-state index is 11.6. The van der Waals surface area contributed by atoms with Crippen LogP contribution in [-0.2, 0) is 4.79 Å². The van der Waals surface area contributed by atoms with Gasteiger partial charge in [0.25, 0.3) is 0 Å². The molecule has 0 saturated heterocycles. The number of likely N-dealkylation sites (N-methyl/N-ethyl adjacent to an activating group) is 1. The average molecular weight is 203 g/mol. The number of carbonyl (C=O) groups is 1. The van der Waals surface area contributed by atoms with Gasteiger partial charge in [-0.3, -0.25) is 4.79 Å². The van der Waals surface area contributed by atoms with Gasteiger partial charge < -0.3 is 4.90 Å². The van der Waals surface area contributed by atoms with Crippen molar-refractivity contribution in [3.05, 3.63) is 48.0 Å². The second-order valence-corrected chi connectivity index (χ2v) is 3.54. The first kappa shape index (κ1) is 11.5. The molecule has 1 atom stereocenters. The molecule has 0 heterocycles. The number of hydrogen-bond acceptors (Lipinski definition) is 1. The summed E-state index contributed by atoms with van der Waals surface area (Å²) in [4.78, 5) is 13.3. The van der Waals surface area contributed by atoms with Crippen molar-refractivity contribution in [1.29, 1.82) is 0 Å². The predicted molar refractivity (Wildman–Crippen MR) is 62.4 cm³/mol. The molecule has 0 aromatic heterocycles. The zero-order valence-electron chi connectivity index (χ0n) is 9.47. The molecule has 1 unspecified atom stereocenters. The fraction of sp³-hybridized carbons (Fsp3) is 0.308. The maximum Gasteiger partial charge on any atom is 0.246 e. The van der Waals surface area contributed by atoms with Crippen molar-refractivity contribution in [3.63, 3.8) is 0 Å². The normalized spacial score (nSPS) is 12.7. The van der Waals surface area contributed by atoms with Crippen molar-refractivity contribution in [2.24, 2.45) is 0 Å². The molecule has 2 nitrogen and oxygen atoms in total. The highest BCUT2D eigenvalue weighted by Crippen LogP contribution is 2.18. The third-order valence-electron chi connectivity index (χ3n) is 2.52. The van der Waals surface area contributed by atoms with Gasteiger partial charge in [-0.15, -0.1) is 0 Å². The number of allylic oxidation sites excluding steroid dienone is 1. The Morgan fingerprint density at radius 3 is 2.47 bits per heavy atom. The standard InChI is InChI=1S/C13H17NO/c1-4-8-13(15)14(3)11(2)12-9-6-5-7-10-12/h4-11H,1-3H3. The molecular formula is C13H17NO. The first-order valence-electron chi connectivity index (χ1n) is 5.11. The highest BCUT2D eigenvalue weighted by atomic mass is 16.2. The van der Waals surface area contributed by atoms with Crippen LogP contribution in [0.4, 0.5) is 0 Å². The van der Waals surface area contributed by atoms with E-state index in [0.717, 1.165) is 5.56 Å². The molecule has 1 aromatic rings. The molecule has 0 aliphatic heterocycles. The minimum absolute atomic E-state index is 0.0360. The van der Waals surface area contributed by atoms with Gasteiger partial charge in [0.2, 0.25) is 5.91 Å². The van der Waals surface area contributed by atoms with E-state index in [1.165, 1.54) is 0 Å². The molecule has 0 N–H and O–H groups in total. The molecule has 2 heteroatoms. The van der Waals surface area contributed by atoms with Crippen LogP contribution in [-0.4, -0.2) is 17.9 Å². The lowest BCUT2D eigenvalue weighted by Gasteiger charge is -2.24. The lowest BCUT2D eigenvalue weighted by atomic mass is 10.1. The summed E-state index contributed by atoms with van der Waals surface area (Å²) in [5, 5.41) is 0. The Labute approximate surface area is 91.2 Å². The Hall–Kier alpha value is -1.57. The molecule has 80 valence electrons. The first-order chi connectivity index (χ1) is 7.16. The van der Waals surface area contributed by atoms with Crippen LogP contribution in [0.2, 0.25) is 0 Å². The molecule has 0 spiro atoms. The number of nitrogens with zero attached hydrogens (tertiary/aromatic N) is 1. The fourth-order valence-electron chi connectivity index (χ4n) is 1.41. The summed E-state index contributed by atoms with van der Waals surface area (Å²) in [6.45, 7) is 3.87. The van der Waals surface area contributed by atoms with E-state index in [0.29, 0.717) is 0 Å². The highest BCUT2D eigenvalue weighted by molar-refractivity contribution is 5.87. The first-order valence-corrected chi connectivity index (χ1v) is 5.11. The molecule has 15 heavy (non-hydrogen) atoms. The van der Waals surface area contributed by atoms with Crippen molar-refractivity contribution in [2.45, 2.75) is 19.9 Å². The minimum Gasteiger partial charge on any atom is -0.335 e. The number of amides is 1. The zero-order chi connectivity index (χ0) is 11.3. The summed E-state index contributed by atoms with van der Waals surface area (Å²) in [6.07, 6.45) is 3.34. The highest BCUT2D eigenvalue weighted by Gasteiger charge is 2.14. The van der Waals surface area contributed by atoms with Crippen LogP contribution in [0, 0.1) is 0 Å². The SMILES string of the molecule is CC=CC(=O)N(C)C(C)c1ccccc1. The lowest BCUT2D eigenvalue weighted by Crippen LogP contribution is -2.27. The van der Waals surface area contributed by atoms with E-state index in [9.17, 15) is 4.79 Å². The minimum atomic E-state index is 0.0360. The van der Waals surface area contributed by atoms with Gasteiger partial charge in [-0.25, -0.2) is 0 Å². The fourth-order valence-corrected chi connectivity index (χ4v) is 1.41. The van der Waals surface area contributed by atoms with Crippen LogP contribution in [0.25, 0.3) is 0 Å². The molecule has 1 rings (SSSR count). The van der Waals surface area contributed by atoms with E-state index in [-0.39, 0.29) is 11.9 Å². The van der Waals surface area contributed by atoms with Gasteiger partial charge in [0, 0.05) is 7.05 Å². The summed E-state index contributed by atoms with van der Waals surface area (Å²) in [5.74, 6) is 0.0360. The van der Waals surface area contributed by atoms with Crippen molar-refractivity contribution < 1.29 is 4.79 Å². The van der Waals surface area contributed by atoms with Crippen LogP contribution < -0.4 is 0 Å². The molecule has 1 aromatic carbocycles. The van der Waals surface area contributed by atoms with Gasteiger partial charge in [-0.2, -0.15) is 0 Å². The van der Waals surface area contributed by atoms with Crippen molar-refractivity contribution >= 4 is 5.91 Å².